The summed E-state index contributed by atoms with van der Waals surface area (Å²) in [5, 5.41) is 22.7. The van der Waals surface area contributed by atoms with Crippen LogP contribution in [0.3, 0.4) is 0 Å². The molecule has 0 saturated heterocycles. The predicted molar refractivity (Wildman–Crippen MR) is 126 cm³/mol. The Labute approximate surface area is 196 Å². The average molecular weight is 466 g/mol. The van der Waals surface area contributed by atoms with Crippen LogP contribution in [0, 0.1) is 0 Å². The topological polar surface area (TPSA) is 120 Å². The van der Waals surface area contributed by atoms with Gasteiger partial charge >= 0.3 is 0 Å². The zero-order valence-corrected chi connectivity index (χ0v) is 19.3. The average Bonchev–Trinajstić information content (AvgIpc) is 3.27. The largest absolute Gasteiger partial charge is 0.497 e. The van der Waals surface area contributed by atoms with Crippen molar-refractivity contribution in [3.63, 3.8) is 0 Å². The third-order valence-electron chi connectivity index (χ3n) is 5.62. The summed E-state index contributed by atoms with van der Waals surface area (Å²) in [6, 6.07) is 15.2. The normalized spacial score (nSPS) is 12.1. The molecule has 2 aromatic heterocycles. The summed E-state index contributed by atoms with van der Waals surface area (Å²) in [5.41, 5.74) is 2.27. The minimum atomic E-state index is -0.148. The highest BCUT2D eigenvalue weighted by atomic mass is 16.5. The maximum atomic E-state index is 12.7. The first-order chi connectivity index (χ1) is 16.6. The molecule has 2 heterocycles. The number of H-pyrrole nitrogens is 1. The number of nitrogens with zero attached hydrogens (tertiary/aromatic N) is 4. The number of aliphatic hydroxyl groups excluding tert-OH is 1. The van der Waals surface area contributed by atoms with E-state index in [1.807, 2.05) is 55.5 Å². The summed E-state index contributed by atoms with van der Waals surface area (Å²) in [5.74, 6) is 2.22. The van der Waals surface area contributed by atoms with Crippen molar-refractivity contribution in [1.29, 1.82) is 0 Å². The molecule has 0 aliphatic carbocycles. The summed E-state index contributed by atoms with van der Waals surface area (Å²) in [4.78, 5) is 16.6. The van der Waals surface area contributed by atoms with E-state index in [9.17, 15) is 9.90 Å². The van der Waals surface area contributed by atoms with Gasteiger partial charge in [-0.1, -0.05) is 12.1 Å². The van der Waals surface area contributed by atoms with Gasteiger partial charge in [-0.2, -0.15) is 0 Å². The molecule has 2 aromatic carbocycles. The SMILES string of the molecule is CCOc1ccc2[nH]c(=O)c(C[NH+](CCO)Cc3nnnn3Cc3ccc(OC)cc3)cc2c1. The van der Waals surface area contributed by atoms with Gasteiger partial charge in [0.15, 0.2) is 0 Å². The number of nitrogens with one attached hydrogen (secondary N) is 2. The minimum Gasteiger partial charge on any atom is -0.497 e. The van der Waals surface area contributed by atoms with Crippen molar-refractivity contribution in [3.8, 4) is 11.5 Å². The number of fused-ring (bicyclic) bond motifs is 1. The number of aliphatic hydroxyl groups is 1. The molecule has 3 N–H and O–H groups in total. The van der Waals surface area contributed by atoms with Gasteiger partial charge in [-0.3, -0.25) is 4.79 Å². The Bertz CT molecular complexity index is 1280. The van der Waals surface area contributed by atoms with Gasteiger partial charge in [-0.15, -0.1) is 5.10 Å². The molecule has 10 heteroatoms. The number of hydrogen-bond acceptors (Lipinski definition) is 7. The molecule has 4 aromatic rings. The van der Waals surface area contributed by atoms with E-state index < -0.39 is 0 Å². The summed E-state index contributed by atoms with van der Waals surface area (Å²) >= 11 is 0. The number of ether oxygens (including phenoxy) is 2. The van der Waals surface area contributed by atoms with E-state index in [0.717, 1.165) is 32.9 Å². The molecule has 0 spiro atoms. The number of pyridine rings is 1. The second kappa shape index (κ2) is 10.9. The van der Waals surface area contributed by atoms with E-state index in [2.05, 4.69) is 20.5 Å². The zero-order valence-electron chi connectivity index (χ0n) is 19.3. The Balaban J connectivity index is 1.53. The minimum absolute atomic E-state index is 0.0185. The first kappa shape index (κ1) is 23.4. The van der Waals surface area contributed by atoms with Gasteiger partial charge in [0, 0.05) is 10.9 Å². The van der Waals surface area contributed by atoms with E-state index in [0.29, 0.717) is 44.2 Å². The van der Waals surface area contributed by atoms with Gasteiger partial charge in [0.05, 0.1) is 32.4 Å². The van der Waals surface area contributed by atoms with Gasteiger partial charge in [0.25, 0.3) is 5.56 Å². The lowest BCUT2D eigenvalue weighted by Crippen LogP contribution is -3.10. The van der Waals surface area contributed by atoms with E-state index in [4.69, 9.17) is 9.47 Å². The molecular formula is C24H29N6O4+. The van der Waals surface area contributed by atoms with Crippen LogP contribution in [0.4, 0.5) is 0 Å². The highest BCUT2D eigenvalue weighted by Crippen LogP contribution is 2.19. The molecule has 34 heavy (non-hydrogen) atoms. The van der Waals surface area contributed by atoms with Crippen LogP contribution >= 0.6 is 0 Å². The molecule has 0 aliphatic heterocycles. The smallest absolute Gasteiger partial charge is 0.257 e. The molecule has 0 amide bonds. The lowest BCUT2D eigenvalue weighted by atomic mass is 10.1. The number of aromatic amines is 1. The van der Waals surface area contributed by atoms with Crippen molar-refractivity contribution in [1.82, 2.24) is 25.2 Å². The summed E-state index contributed by atoms with van der Waals surface area (Å²) in [6.07, 6.45) is 0. The van der Waals surface area contributed by atoms with Crippen LogP contribution in [-0.4, -0.2) is 57.2 Å². The summed E-state index contributed by atoms with van der Waals surface area (Å²) in [6.45, 7) is 4.32. The molecule has 4 rings (SSSR count). The van der Waals surface area contributed by atoms with Crippen LogP contribution in [0.1, 0.15) is 23.9 Å². The number of aromatic nitrogens is 5. The van der Waals surface area contributed by atoms with E-state index >= 15 is 0 Å². The molecule has 0 fully saturated rings. The van der Waals surface area contributed by atoms with Crippen LogP contribution in [0.15, 0.2) is 53.3 Å². The lowest BCUT2D eigenvalue weighted by molar-refractivity contribution is -0.928. The van der Waals surface area contributed by atoms with Gasteiger partial charge in [-0.25, -0.2) is 4.68 Å². The monoisotopic (exact) mass is 465 g/mol. The summed E-state index contributed by atoms with van der Waals surface area (Å²) in [7, 11) is 1.63. The van der Waals surface area contributed by atoms with Crippen molar-refractivity contribution in [2.75, 3.05) is 26.9 Å². The van der Waals surface area contributed by atoms with E-state index in [-0.39, 0.29) is 12.2 Å². The third kappa shape index (κ3) is 5.59. The molecule has 0 bridgehead atoms. The predicted octanol–water partition coefficient (Wildman–Crippen LogP) is 0.548. The Hall–Kier alpha value is -3.76. The quantitative estimate of drug-likeness (QED) is 0.296. The second-order valence-electron chi connectivity index (χ2n) is 7.98. The van der Waals surface area contributed by atoms with Crippen LogP contribution in [0.5, 0.6) is 11.5 Å². The Morgan fingerprint density at radius 3 is 2.62 bits per heavy atom. The van der Waals surface area contributed by atoms with Gasteiger partial charge < -0.3 is 24.5 Å². The Morgan fingerprint density at radius 2 is 1.88 bits per heavy atom. The Morgan fingerprint density at radius 1 is 1.09 bits per heavy atom. The Kier molecular flexibility index (Phi) is 7.51. The van der Waals surface area contributed by atoms with Crippen LogP contribution < -0.4 is 19.9 Å². The number of quaternary nitrogens is 1. The fourth-order valence-corrected chi connectivity index (χ4v) is 3.88. The lowest BCUT2D eigenvalue weighted by Gasteiger charge is -2.18. The molecule has 178 valence electrons. The number of rotatable bonds is 11. The maximum Gasteiger partial charge on any atom is 0.257 e. The maximum absolute atomic E-state index is 12.7. The molecule has 0 saturated carbocycles. The first-order valence-electron chi connectivity index (χ1n) is 11.2. The van der Waals surface area contributed by atoms with E-state index in [1.165, 1.54) is 0 Å². The number of tetrazole rings is 1. The van der Waals surface area contributed by atoms with Crippen LogP contribution in [-0.2, 0) is 19.6 Å². The van der Waals surface area contributed by atoms with Gasteiger partial charge in [0.2, 0.25) is 5.82 Å². The van der Waals surface area contributed by atoms with Crippen molar-refractivity contribution >= 4 is 10.9 Å². The fraction of sp³-hybridized carbons (Fsp3) is 0.333. The van der Waals surface area contributed by atoms with Gasteiger partial charge in [0.1, 0.15) is 31.1 Å². The standard InChI is InChI=1S/C24H28N6O4/c1-3-34-21-8-9-22-18(13-21)12-19(24(32)25-22)15-29(10-11-31)16-23-26-27-28-30(23)14-17-4-6-20(33-2)7-5-17/h4-9,12-13,31H,3,10-11,14-16H2,1-2H3,(H,25,32)/p+1. The highest BCUT2D eigenvalue weighted by Gasteiger charge is 2.18. The van der Waals surface area contributed by atoms with Gasteiger partial charge in [-0.05, 0) is 59.3 Å². The number of hydrogen-bond donors (Lipinski definition) is 3. The molecular weight excluding hydrogens is 436 g/mol. The molecule has 0 aliphatic rings. The number of benzene rings is 2. The highest BCUT2D eigenvalue weighted by molar-refractivity contribution is 5.80. The van der Waals surface area contributed by atoms with Crippen LogP contribution in [0.2, 0.25) is 0 Å². The van der Waals surface area contributed by atoms with Crippen molar-refractivity contribution in [2.24, 2.45) is 0 Å². The summed E-state index contributed by atoms with van der Waals surface area (Å²) < 4.78 is 12.5. The first-order valence-corrected chi connectivity index (χ1v) is 11.2. The van der Waals surface area contributed by atoms with Crippen molar-refractivity contribution in [3.05, 3.63) is 75.8 Å². The van der Waals surface area contributed by atoms with Crippen molar-refractivity contribution < 1.29 is 19.5 Å². The molecule has 1 atom stereocenters. The molecule has 10 nitrogen and oxygen atoms in total. The fourth-order valence-electron chi connectivity index (χ4n) is 3.88. The second-order valence-corrected chi connectivity index (χ2v) is 7.98. The van der Waals surface area contributed by atoms with E-state index in [1.54, 1.807) is 11.8 Å². The van der Waals surface area contributed by atoms with Crippen molar-refractivity contribution in [2.45, 2.75) is 26.6 Å². The third-order valence-corrected chi connectivity index (χ3v) is 5.62. The molecule has 0 radical (unpaired) electrons. The number of methoxy groups -OCH3 is 1. The van der Waals surface area contributed by atoms with Crippen LogP contribution in [0.25, 0.3) is 10.9 Å². The molecule has 1 unspecified atom stereocenters. The zero-order chi connectivity index (χ0) is 23.9.